The molecule has 1 aliphatic rings. The molecule has 1 aliphatic carbocycles. The minimum atomic E-state index is -2.25. The number of furan rings is 1. The predicted molar refractivity (Wildman–Crippen MR) is 60.5 cm³/mol. The molecule has 0 N–H and O–H groups in total. The second-order valence-electron chi connectivity index (χ2n) is 3.69. The van der Waals surface area contributed by atoms with E-state index in [1.165, 1.54) is 11.1 Å². The predicted octanol–water partition coefficient (Wildman–Crippen LogP) is 4.73. The third-order valence-corrected chi connectivity index (χ3v) is 8.53. The number of allylic oxidation sites excluding steroid dienone is 4. The van der Waals surface area contributed by atoms with E-state index in [0.717, 1.165) is 11.3 Å². The number of halogens is 2. The molecule has 1 nitrogen and oxygen atoms in total. The Morgan fingerprint density at radius 1 is 1.33 bits per heavy atom. The van der Waals surface area contributed by atoms with E-state index in [4.69, 9.17) is 21.4 Å². The van der Waals surface area contributed by atoms with Crippen LogP contribution in [0.1, 0.15) is 19.6 Å². The Labute approximate surface area is 105 Å². The molecule has 0 saturated heterocycles. The monoisotopic (exact) mass is 319 g/mol. The van der Waals surface area contributed by atoms with Crippen LogP contribution in [0, 0.1) is 0 Å². The van der Waals surface area contributed by atoms with Crippen LogP contribution >= 0.6 is 17.0 Å². The SMILES string of the molecule is CC1=CC(c2ccco2)=C(C)[CH]1[Zr]([Cl])[Cl]. The van der Waals surface area contributed by atoms with Crippen LogP contribution in [0.4, 0.5) is 0 Å². The van der Waals surface area contributed by atoms with Gasteiger partial charge in [-0.1, -0.05) is 0 Å². The summed E-state index contributed by atoms with van der Waals surface area (Å²) in [5.74, 6) is 0.910. The van der Waals surface area contributed by atoms with Crippen molar-refractivity contribution in [3.63, 3.8) is 0 Å². The summed E-state index contributed by atoms with van der Waals surface area (Å²) in [4.78, 5) is 0. The molecule has 79 valence electrons. The number of rotatable bonds is 2. The third-order valence-electron chi connectivity index (χ3n) is 2.69. The van der Waals surface area contributed by atoms with Crippen molar-refractivity contribution >= 4 is 22.6 Å². The van der Waals surface area contributed by atoms with Crippen molar-refractivity contribution in [3.05, 3.63) is 41.4 Å². The van der Waals surface area contributed by atoms with Crippen LogP contribution in [0.5, 0.6) is 0 Å². The number of hydrogen-bond acceptors (Lipinski definition) is 1. The minimum absolute atomic E-state index is 0.316. The van der Waals surface area contributed by atoms with Gasteiger partial charge in [0.15, 0.2) is 0 Å². The van der Waals surface area contributed by atoms with E-state index in [2.05, 4.69) is 19.9 Å². The van der Waals surface area contributed by atoms with E-state index in [1.54, 1.807) is 6.26 Å². The van der Waals surface area contributed by atoms with Crippen molar-refractivity contribution in [1.29, 1.82) is 0 Å². The van der Waals surface area contributed by atoms with E-state index >= 15 is 0 Å². The zero-order chi connectivity index (χ0) is 11.0. The van der Waals surface area contributed by atoms with Gasteiger partial charge in [-0.3, -0.25) is 0 Å². The molecule has 1 aromatic rings. The van der Waals surface area contributed by atoms with Crippen LogP contribution in [0.2, 0.25) is 3.63 Å². The summed E-state index contributed by atoms with van der Waals surface area (Å²) in [7, 11) is 12.3. The van der Waals surface area contributed by atoms with Crippen molar-refractivity contribution in [2.24, 2.45) is 0 Å². The van der Waals surface area contributed by atoms with Crippen LogP contribution in [0.25, 0.3) is 5.57 Å². The first kappa shape index (κ1) is 11.7. The molecule has 4 heteroatoms. The normalized spacial score (nSPS) is 20.8. The Balaban J connectivity index is 2.42. The van der Waals surface area contributed by atoms with E-state index < -0.39 is 19.4 Å². The molecule has 0 fully saturated rings. The van der Waals surface area contributed by atoms with Crippen LogP contribution in [0.3, 0.4) is 0 Å². The van der Waals surface area contributed by atoms with Gasteiger partial charge in [-0.2, -0.15) is 0 Å². The van der Waals surface area contributed by atoms with Crippen molar-refractivity contribution in [1.82, 2.24) is 0 Å². The molecule has 15 heavy (non-hydrogen) atoms. The maximum atomic E-state index is 6.16. The van der Waals surface area contributed by atoms with E-state index in [9.17, 15) is 0 Å². The topological polar surface area (TPSA) is 13.1 Å². The Bertz CT molecular complexity index is 418. The Morgan fingerprint density at radius 2 is 2.07 bits per heavy atom. The van der Waals surface area contributed by atoms with Gasteiger partial charge in [-0.25, -0.2) is 0 Å². The van der Waals surface area contributed by atoms with Gasteiger partial charge in [0.2, 0.25) is 0 Å². The summed E-state index contributed by atoms with van der Waals surface area (Å²) in [6.45, 7) is 4.19. The summed E-state index contributed by atoms with van der Waals surface area (Å²) in [6.07, 6.45) is 3.83. The molecule has 0 aliphatic heterocycles. The molecule has 0 bridgehead atoms. The molecule has 1 unspecified atom stereocenters. The Kier molecular flexibility index (Phi) is 3.60. The molecule has 0 aromatic carbocycles. The second-order valence-corrected chi connectivity index (χ2v) is 12.5. The van der Waals surface area contributed by atoms with E-state index in [0.29, 0.717) is 3.63 Å². The average molecular weight is 321 g/mol. The fourth-order valence-corrected chi connectivity index (χ4v) is 8.17. The van der Waals surface area contributed by atoms with Crippen molar-refractivity contribution < 1.29 is 23.8 Å². The Hall–Kier alpha value is 0.223. The zero-order valence-electron chi connectivity index (χ0n) is 8.55. The first-order valence-corrected chi connectivity index (χ1v) is 12.5. The van der Waals surface area contributed by atoms with Gasteiger partial charge in [-0.05, 0) is 0 Å². The Morgan fingerprint density at radius 3 is 2.53 bits per heavy atom. The second kappa shape index (κ2) is 4.61. The summed E-state index contributed by atoms with van der Waals surface area (Å²) in [6, 6.07) is 3.86. The maximum absolute atomic E-state index is 6.16. The van der Waals surface area contributed by atoms with Gasteiger partial charge >= 0.3 is 105 Å². The number of hydrogen-bond donors (Lipinski definition) is 0. The molecule has 0 amide bonds. The summed E-state index contributed by atoms with van der Waals surface area (Å²) < 4.78 is 5.71. The van der Waals surface area contributed by atoms with Crippen LogP contribution in [-0.4, -0.2) is 0 Å². The van der Waals surface area contributed by atoms with Gasteiger partial charge in [0, 0.05) is 0 Å². The van der Waals surface area contributed by atoms with Crippen molar-refractivity contribution in [2.75, 3.05) is 0 Å². The third kappa shape index (κ3) is 2.18. The standard InChI is InChI=1S/C11H11O.2ClH.Zr/c1-8-6-9(2)10(7-8)11-4-3-5-12-11;;;/h3-7H,1-2H3;2*1H;/q;;;+2/p-2. The summed E-state index contributed by atoms with van der Waals surface area (Å²) in [5.41, 5.74) is 3.70. The summed E-state index contributed by atoms with van der Waals surface area (Å²) in [5, 5.41) is 0. The van der Waals surface area contributed by atoms with E-state index in [-0.39, 0.29) is 0 Å². The van der Waals surface area contributed by atoms with Gasteiger partial charge in [0.25, 0.3) is 0 Å². The fourth-order valence-electron chi connectivity index (χ4n) is 1.95. The first-order valence-electron chi connectivity index (χ1n) is 4.72. The van der Waals surface area contributed by atoms with Gasteiger partial charge < -0.3 is 0 Å². The molecule has 0 saturated carbocycles. The molecular weight excluding hydrogens is 310 g/mol. The van der Waals surface area contributed by atoms with Crippen LogP contribution in [-0.2, 0) is 19.4 Å². The van der Waals surface area contributed by atoms with Crippen molar-refractivity contribution in [2.45, 2.75) is 17.5 Å². The van der Waals surface area contributed by atoms with Gasteiger partial charge in [0.1, 0.15) is 0 Å². The molecule has 2 rings (SSSR count). The molecular formula is C11H11Cl2OZr. The van der Waals surface area contributed by atoms with Crippen molar-refractivity contribution in [3.8, 4) is 0 Å². The fraction of sp³-hybridized carbons (Fsp3) is 0.273. The quantitative estimate of drug-likeness (QED) is 0.768. The van der Waals surface area contributed by atoms with Crippen LogP contribution in [0.15, 0.2) is 40.0 Å². The molecule has 1 aromatic heterocycles. The summed E-state index contributed by atoms with van der Waals surface area (Å²) >= 11 is -2.25. The molecule has 0 spiro atoms. The van der Waals surface area contributed by atoms with E-state index in [1.807, 2.05) is 12.1 Å². The van der Waals surface area contributed by atoms with Crippen LogP contribution < -0.4 is 0 Å². The molecule has 0 radical (unpaired) electrons. The molecule has 1 atom stereocenters. The average Bonchev–Trinajstić information content (AvgIpc) is 2.72. The van der Waals surface area contributed by atoms with Gasteiger partial charge in [-0.15, -0.1) is 0 Å². The first-order chi connectivity index (χ1) is 7.11. The van der Waals surface area contributed by atoms with Gasteiger partial charge in [0.05, 0.1) is 0 Å². The zero-order valence-corrected chi connectivity index (χ0v) is 12.5. The molecule has 1 heterocycles.